The van der Waals surface area contributed by atoms with Crippen molar-refractivity contribution < 1.29 is 0 Å². The molecule has 2 saturated carbocycles. The van der Waals surface area contributed by atoms with Crippen molar-refractivity contribution >= 4 is 0 Å². The summed E-state index contributed by atoms with van der Waals surface area (Å²) in [6.07, 6.45) is 8.99. The van der Waals surface area contributed by atoms with Crippen molar-refractivity contribution in [3.63, 3.8) is 0 Å². The van der Waals surface area contributed by atoms with E-state index in [0.29, 0.717) is 0 Å². The highest BCUT2D eigenvalue weighted by Crippen LogP contribution is 2.61. The smallest absolute Gasteiger partial charge is 0.0324 e. The Hall–Kier alpha value is 0. The molecule has 0 radical (unpaired) electrons. The highest BCUT2D eigenvalue weighted by molar-refractivity contribution is 5.03. The minimum Gasteiger partial charge on any atom is -0.0654 e. The van der Waals surface area contributed by atoms with Gasteiger partial charge in [-0.3, -0.25) is 0 Å². The van der Waals surface area contributed by atoms with Crippen LogP contribution in [0.4, 0.5) is 0 Å². The van der Waals surface area contributed by atoms with E-state index < -0.39 is 0 Å². The van der Waals surface area contributed by atoms with Gasteiger partial charge in [-0.15, -0.1) is 0 Å². The molecule has 2 aliphatic carbocycles. The van der Waals surface area contributed by atoms with Gasteiger partial charge in [-0.1, -0.05) is 39.5 Å². The number of hydrogen-bond acceptors (Lipinski definition) is 0. The predicted octanol–water partition coefficient (Wildman–Crippen LogP) is 3.86. The van der Waals surface area contributed by atoms with E-state index in [9.17, 15) is 0 Å². The molecule has 3 unspecified atom stereocenters. The molecule has 0 heterocycles. The highest BCUT2D eigenvalue weighted by atomic mass is 14.6. The van der Waals surface area contributed by atoms with Crippen LogP contribution >= 0.6 is 0 Å². The van der Waals surface area contributed by atoms with Crippen molar-refractivity contribution in [1.29, 1.82) is 0 Å². The Bertz CT molecular complexity index is 140. The zero-order valence-electron chi connectivity index (χ0n) is 8.55. The molecular weight excluding hydrogens is 144 g/mol. The Balaban J connectivity index is 1.84. The van der Waals surface area contributed by atoms with Crippen LogP contribution in [0.15, 0.2) is 0 Å². The van der Waals surface area contributed by atoms with Crippen molar-refractivity contribution in [2.24, 2.45) is 23.7 Å². The zero-order chi connectivity index (χ0) is 8.55. The van der Waals surface area contributed by atoms with Crippen LogP contribution in [-0.4, -0.2) is 0 Å². The first-order valence-corrected chi connectivity index (χ1v) is 5.88. The minimum atomic E-state index is 1.09. The molecule has 12 heavy (non-hydrogen) atoms. The van der Waals surface area contributed by atoms with E-state index >= 15 is 0 Å². The monoisotopic (exact) mass is 166 g/mol. The quantitative estimate of drug-likeness (QED) is 0.595. The van der Waals surface area contributed by atoms with E-state index in [1.807, 2.05) is 0 Å². The van der Waals surface area contributed by atoms with Crippen molar-refractivity contribution in [2.45, 2.75) is 52.4 Å². The van der Waals surface area contributed by atoms with Gasteiger partial charge in [0.05, 0.1) is 0 Å². The topological polar surface area (TPSA) is 0 Å². The fourth-order valence-electron chi connectivity index (χ4n) is 3.62. The predicted molar refractivity (Wildman–Crippen MR) is 53.0 cm³/mol. The Morgan fingerprint density at radius 1 is 1.17 bits per heavy atom. The molecule has 0 spiro atoms. The molecule has 0 saturated heterocycles. The van der Waals surface area contributed by atoms with Crippen LogP contribution in [0.3, 0.4) is 0 Å². The molecule has 2 rings (SSSR count). The third-order valence-corrected chi connectivity index (χ3v) is 4.20. The molecule has 0 amide bonds. The molecule has 0 aromatic heterocycles. The Kier molecular flexibility index (Phi) is 2.43. The molecular formula is C12H22. The average molecular weight is 166 g/mol. The Morgan fingerprint density at radius 3 is 2.33 bits per heavy atom. The summed E-state index contributed by atoms with van der Waals surface area (Å²) < 4.78 is 0. The fraction of sp³-hybridized carbons (Fsp3) is 1.00. The third kappa shape index (κ3) is 1.30. The molecule has 70 valence electrons. The molecule has 0 N–H and O–H groups in total. The van der Waals surface area contributed by atoms with Gasteiger partial charge in [-0.05, 0) is 36.5 Å². The standard InChI is InChI=1S/C12H22/c1-3-6-9(4-2)12-10-7-5-8-11(10)12/h9-12H,3-8H2,1-2H3. The molecule has 2 fully saturated rings. The molecule has 0 aromatic rings. The first-order chi connectivity index (χ1) is 5.88. The first-order valence-electron chi connectivity index (χ1n) is 5.88. The van der Waals surface area contributed by atoms with E-state index in [0.717, 1.165) is 5.92 Å². The lowest BCUT2D eigenvalue weighted by Crippen LogP contribution is -2.05. The van der Waals surface area contributed by atoms with Gasteiger partial charge in [-0.25, -0.2) is 0 Å². The second-order valence-corrected chi connectivity index (χ2v) is 4.79. The summed E-state index contributed by atoms with van der Waals surface area (Å²) in [5, 5.41) is 0. The van der Waals surface area contributed by atoms with Crippen molar-refractivity contribution in [2.75, 3.05) is 0 Å². The summed E-state index contributed by atoms with van der Waals surface area (Å²) in [5.41, 5.74) is 0. The summed E-state index contributed by atoms with van der Waals surface area (Å²) in [6, 6.07) is 0. The van der Waals surface area contributed by atoms with Crippen molar-refractivity contribution in [3.05, 3.63) is 0 Å². The summed E-state index contributed by atoms with van der Waals surface area (Å²) in [7, 11) is 0. The second kappa shape index (κ2) is 3.40. The fourth-order valence-corrected chi connectivity index (χ4v) is 3.62. The number of fused-ring (bicyclic) bond motifs is 1. The maximum Gasteiger partial charge on any atom is -0.0324 e. The van der Waals surface area contributed by atoms with Crippen LogP contribution in [-0.2, 0) is 0 Å². The van der Waals surface area contributed by atoms with Gasteiger partial charge in [0.25, 0.3) is 0 Å². The second-order valence-electron chi connectivity index (χ2n) is 4.79. The minimum absolute atomic E-state index is 1.09. The van der Waals surface area contributed by atoms with Crippen LogP contribution in [0.1, 0.15) is 52.4 Å². The third-order valence-electron chi connectivity index (χ3n) is 4.20. The maximum atomic E-state index is 2.38. The van der Waals surface area contributed by atoms with Gasteiger partial charge >= 0.3 is 0 Å². The van der Waals surface area contributed by atoms with Crippen LogP contribution in [0.25, 0.3) is 0 Å². The molecule has 0 aromatic carbocycles. The lowest BCUT2D eigenvalue weighted by Gasteiger charge is -2.15. The molecule has 0 heteroatoms. The first kappa shape index (κ1) is 8.59. The van der Waals surface area contributed by atoms with Crippen LogP contribution in [0, 0.1) is 23.7 Å². The lowest BCUT2D eigenvalue weighted by molar-refractivity contribution is 0.356. The van der Waals surface area contributed by atoms with Gasteiger partial charge < -0.3 is 0 Å². The van der Waals surface area contributed by atoms with Gasteiger partial charge in [0.1, 0.15) is 0 Å². The van der Waals surface area contributed by atoms with Gasteiger partial charge in [0, 0.05) is 0 Å². The molecule has 3 atom stereocenters. The van der Waals surface area contributed by atoms with Gasteiger partial charge in [-0.2, -0.15) is 0 Å². The maximum absolute atomic E-state index is 2.38. The lowest BCUT2D eigenvalue weighted by atomic mass is 9.91. The number of hydrogen-bond donors (Lipinski definition) is 0. The van der Waals surface area contributed by atoms with Crippen molar-refractivity contribution in [3.8, 4) is 0 Å². The normalized spacial score (nSPS) is 41.0. The van der Waals surface area contributed by atoms with Crippen LogP contribution in [0.2, 0.25) is 0 Å². The molecule has 0 nitrogen and oxygen atoms in total. The van der Waals surface area contributed by atoms with Crippen LogP contribution in [0.5, 0.6) is 0 Å². The van der Waals surface area contributed by atoms with Crippen LogP contribution < -0.4 is 0 Å². The molecule has 0 aliphatic heterocycles. The largest absolute Gasteiger partial charge is 0.0654 e. The summed E-state index contributed by atoms with van der Waals surface area (Å²) in [5.74, 6) is 4.62. The van der Waals surface area contributed by atoms with E-state index in [1.54, 1.807) is 12.8 Å². The summed E-state index contributed by atoms with van der Waals surface area (Å²) >= 11 is 0. The van der Waals surface area contributed by atoms with E-state index in [1.165, 1.54) is 43.4 Å². The van der Waals surface area contributed by atoms with E-state index in [2.05, 4.69) is 13.8 Å². The summed E-state index contributed by atoms with van der Waals surface area (Å²) in [6.45, 7) is 4.72. The SMILES string of the molecule is CCCC(CC)C1C2CCCC21. The van der Waals surface area contributed by atoms with Gasteiger partial charge in [0.15, 0.2) is 0 Å². The van der Waals surface area contributed by atoms with Gasteiger partial charge in [0.2, 0.25) is 0 Å². The summed E-state index contributed by atoms with van der Waals surface area (Å²) in [4.78, 5) is 0. The van der Waals surface area contributed by atoms with E-state index in [4.69, 9.17) is 0 Å². The zero-order valence-corrected chi connectivity index (χ0v) is 8.55. The van der Waals surface area contributed by atoms with E-state index in [-0.39, 0.29) is 0 Å². The van der Waals surface area contributed by atoms with Crippen molar-refractivity contribution in [1.82, 2.24) is 0 Å². The Labute approximate surface area is 76.7 Å². The average Bonchev–Trinajstić information content (AvgIpc) is 2.59. The Morgan fingerprint density at radius 2 is 1.83 bits per heavy atom. The molecule has 0 bridgehead atoms. The molecule has 2 aliphatic rings. The number of rotatable bonds is 4. The highest BCUT2D eigenvalue weighted by Gasteiger charge is 2.54.